The molecule has 20 heavy (non-hydrogen) atoms. The molecule has 3 rings (SSSR count). The average molecular weight is 310 g/mol. The Kier molecular flexibility index (Phi) is 3.14. The molecule has 2 heterocycles. The van der Waals surface area contributed by atoms with Gasteiger partial charge in [-0.25, -0.2) is 8.42 Å². The van der Waals surface area contributed by atoms with Gasteiger partial charge in [-0.3, -0.25) is 8.99 Å². The second kappa shape index (κ2) is 4.71. The molecule has 106 valence electrons. The van der Waals surface area contributed by atoms with Gasteiger partial charge in [0.1, 0.15) is 4.90 Å². The van der Waals surface area contributed by atoms with Crippen LogP contribution in [0, 0.1) is 0 Å². The summed E-state index contributed by atoms with van der Waals surface area (Å²) in [7, 11) is -1.90. The third-order valence-corrected chi connectivity index (χ3v) is 5.88. The van der Waals surface area contributed by atoms with Crippen LogP contribution in [-0.2, 0) is 17.1 Å². The van der Waals surface area contributed by atoms with Gasteiger partial charge in [-0.05, 0) is 18.2 Å². The Morgan fingerprint density at radius 2 is 2.20 bits per heavy atom. The maximum Gasteiger partial charge on any atom is 0.267 e. The fraction of sp³-hybridized carbons (Fsp3) is 0.250. The lowest BCUT2D eigenvalue weighted by Crippen LogP contribution is -2.35. The zero-order valence-electron chi connectivity index (χ0n) is 10.9. The normalized spacial score (nSPS) is 15.2. The van der Waals surface area contributed by atoms with Gasteiger partial charge in [0.15, 0.2) is 0 Å². The lowest BCUT2D eigenvalue weighted by atomic mass is 10.3. The molecule has 1 aliphatic heterocycles. The molecular formula is C12H14N4O2S2. The van der Waals surface area contributed by atoms with Crippen molar-refractivity contribution < 1.29 is 8.42 Å². The van der Waals surface area contributed by atoms with E-state index >= 15 is 0 Å². The summed E-state index contributed by atoms with van der Waals surface area (Å²) < 4.78 is 28.3. The predicted octanol–water partition coefficient (Wildman–Crippen LogP) is 1.30. The highest BCUT2D eigenvalue weighted by Crippen LogP contribution is 2.38. The Bertz CT molecular complexity index is 755. The average Bonchev–Trinajstić information content (AvgIpc) is 2.85. The second-order valence-electron chi connectivity index (χ2n) is 4.50. The SMILES string of the molecule is Cn1cc(S(=O)(=O)N2CCSc3ccc(N)cc32)cn1. The highest BCUT2D eigenvalue weighted by atomic mass is 32.2. The van der Waals surface area contributed by atoms with Crippen molar-refractivity contribution in [3.63, 3.8) is 0 Å². The number of thioether (sulfide) groups is 1. The molecule has 1 aliphatic rings. The van der Waals surface area contributed by atoms with E-state index in [4.69, 9.17) is 5.73 Å². The molecule has 2 aromatic rings. The van der Waals surface area contributed by atoms with Gasteiger partial charge in [-0.2, -0.15) is 5.10 Å². The molecule has 6 nitrogen and oxygen atoms in total. The van der Waals surface area contributed by atoms with Crippen molar-refractivity contribution in [2.24, 2.45) is 7.05 Å². The molecule has 0 saturated carbocycles. The number of hydrogen-bond donors (Lipinski definition) is 1. The first-order chi connectivity index (χ1) is 9.48. The van der Waals surface area contributed by atoms with Gasteiger partial charge < -0.3 is 5.73 Å². The van der Waals surface area contributed by atoms with Crippen LogP contribution in [0.3, 0.4) is 0 Å². The molecule has 0 amide bonds. The minimum atomic E-state index is -3.59. The summed E-state index contributed by atoms with van der Waals surface area (Å²) in [6.07, 6.45) is 2.87. The highest BCUT2D eigenvalue weighted by molar-refractivity contribution is 8.00. The van der Waals surface area contributed by atoms with E-state index in [0.29, 0.717) is 17.9 Å². The summed E-state index contributed by atoms with van der Waals surface area (Å²) >= 11 is 1.64. The number of benzene rings is 1. The lowest BCUT2D eigenvalue weighted by Gasteiger charge is -2.29. The molecule has 1 aromatic carbocycles. The molecule has 0 fully saturated rings. The Balaban J connectivity index is 2.10. The third-order valence-electron chi connectivity index (χ3n) is 3.07. The molecule has 8 heteroatoms. The Morgan fingerprint density at radius 3 is 2.90 bits per heavy atom. The first-order valence-electron chi connectivity index (χ1n) is 6.02. The summed E-state index contributed by atoms with van der Waals surface area (Å²) in [5, 5.41) is 3.93. The van der Waals surface area contributed by atoms with Crippen molar-refractivity contribution in [2.45, 2.75) is 9.79 Å². The van der Waals surface area contributed by atoms with Gasteiger partial charge in [0.05, 0.1) is 11.9 Å². The van der Waals surface area contributed by atoms with Crippen LogP contribution >= 0.6 is 11.8 Å². The van der Waals surface area contributed by atoms with Crippen molar-refractivity contribution in [3.05, 3.63) is 30.6 Å². The number of nitrogens with zero attached hydrogens (tertiary/aromatic N) is 3. The van der Waals surface area contributed by atoms with Crippen LogP contribution < -0.4 is 10.0 Å². The zero-order chi connectivity index (χ0) is 14.3. The summed E-state index contributed by atoms with van der Waals surface area (Å²) in [4.78, 5) is 1.12. The van der Waals surface area contributed by atoms with Gasteiger partial charge >= 0.3 is 0 Å². The predicted molar refractivity (Wildman–Crippen MR) is 79.3 cm³/mol. The fourth-order valence-electron chi connectivity index (χ4n) is 2.12. The number of fused-ring (bicyclic) bond motifs is 1. The van der Waals surface area contributed by atoms with Crippen molar-refractivity contribution >= 4 is 33.2 Å². The summed E-state index contributed by atoms with van der Waals surface area (Å²) in [6, 6.07) is 5.35. The maximum atomic E-state index is 12.7. The molecule has 2 N–H and O–H groups in total. The molecule has 0 saturated heterocycles. The molecular weight excluding hydrogens is 296 g/mol. The Hall–Kier alpha value is -1.67. The number of rotatable bonds is 2. The lowest BCUT2D eigenvalue weighted by molar-refractivity contribution is 0.591. The molecule has 0 spiro atoms. The monoisotopic (exact) mass is 310 g/mol. The molecule has 0 atom stereocenters. The van der Waals surface area contributed by atoms with E-state index in [9.17, 15) is 8.42 Å². The summed E-state index contributed by atoms with van der Waals surface area (Å²) in [5.74, 6) is 0.719. The first-order valence-corrected chi connectivity index (χ1v) is 8.45. The van der Waals surface area contributed by atoms with Crippen molar-refractivity contribution in [1.29, 1.82) is 0 Å². The maximum absolute atomic E-state index is 12.7. The number of hydrogen-bond acceptors (Lipinski definition) is 5. The van der Waals surface area contributed by atoms with Gasteiger partial charge in [0.25, 0.3) is 10.0 Å². The quantitative estimate of drug-likeness (QED) is 0.846. The number of nitrogen functional groups attached to an aromatic ring is 1. The molecule has 0 unspecified atom stereocenters. The van der Waals surface area contributed by atoms with E-state index in [1.54, 1.807) is 30.9 Å². The number of nitrogens with two attached hydrogens (primary N) is 1. The summed E-state index contributed by atoms with van der Waals surface area (Å²) in [6.45, 7) is 0.429. The molecule has 0 aliphatic carbocycles. The van der Waals surface area contributed by atoms with Gasteiger partial charge in [-0.1, -0.05) is 0 Å². The largest absolute Gasteiger partial charge is 0.399 e. The zero-order valence-corrected chi connectivity index (χ0v) is 12.5. The van der Waals surface area contributed by atoms with E-state index < -0.39 is 10.0 Å². The second-order valence-corrected chi connectivity index (χ2v) is 7.50. The number of aromatic nitrogens is 2. The van der Waals surface area contributed by atoms with Crippen LogP contribution in [0.4, 0.5) is 11.4 Å². The van der Waals surface area contributed by atoms with E-state index in [0.717, 1.165) is 10.6 Å². The van der Waals surface area contributed by atoms with Gasteiger partial charge in [0, 0.05) is 36.1 Å². The number of sulfonamides is 1. The van der Waals surface area contributed by atoms with Crippen molar-refractivity contribution in [1.82, 2.24) is 9.78 Å². The summed E-state index contributed by atoms with van der Waals surface area (Å²) in [5.41, 5.74) is 6.98. The van der Waals surface area contributed by atoms with E-state index in [1.165, 1.54) is 21.4 Å². The minimum Gasteiger partial charge on any atom is -0.399 e. The van der Waals surface area contributed by atoms with Crippen molar-refractivity contribution in [3.8, 4) is 0 Å². The third kappa shape index (κ3) is 2.14. The number of aryl methyl sites for hydroxylation is 1. The fourth-order valence-corrected chi connectivity index (χ4v) is 4.73. The smallest absolute Gasteiger partial charge is 0.267 e. The standard InChI is InChI=1S/C12H14N4O2S2/c1-15-8-10(7-14-15)20(17,18)16-4-5-19-12-3-2-9(13)6-11(12)16/h2-3,6-8H,4-5,13H2,1H3. The molecule has 1 aromatic heterocycles. The van der Waals surface area contributed by atoms with E-state index in [-0.39, 0.29) is 4.90 Å². The minimum absolute atomic E-state index is 0.195. The first kappa shape index (κ1) is 13.3. The van der Waals surface area contributed by atoms with Crippen LogP contribution in [0.1, 0.15) is 0 Å². The Labute approximate surface area is 121 Å². The van der Waals surface area contributed by atoms with Crippen molar-refractivity contribution in [2.75, 3.05) is 22.3 Å². The number of anilines is 2. The van der Waals surface area contributed by atoms with Crippen LogP contribution in [0.5, 0.6) is 0 Å². The highest BCUT2D eigenvalue weighted by Gasteiger charge is 2.30. The van der Waals surface area contributed by atoms with Crippen LogP contribution in [0.2, 0.25) is 0 Å². The van der Waals surface area contributed by atoms with Gasteiger partial charge in [-0.15, -0.1) is 11.8 Å². The van der Waals surface area contributed by atoms with E-state index in [1.807, 2.05) is 6.07 Å². The van der Waals surface area contributed by atoms with Crippen LogP contribution in [0.25, 0.3) is 0 Å². The molecule has 0 bridgehead atoms. The van der Waals surface area contributed by atoms with Crippen LogP contribution in [0.15, 0.2) is 40.4 Å². The van der Waals surface area contributed by atoms with Crippen LogP contribution in [-0.4, -0.2) is 30.5 Å². The van der Waals surface area contributed by atoms with Gasteiger partial charge in [0.2, 0.25) is 0 Å². The van der Waals surface area contributed by atoms with E-state index in [2.05, 4.69) is 5.10 Å². The molecule has 0 radical (unpaired) electrons. The topological polar surface area (TPSA) is 81.2 Å². The Morgan fingerprint density at radius 1 is 1.40 bits per heavy atom.